The summed E-state index contributed by atoms with van der Waals surface area (Å²) in [4.78, 5) is 16.5. The number of anilines is 1. The Hall–Kier alpha value is -0.970. The first-order valence-corrected chi connectivity index (χ1v) is 7.95. The molecule has 124 valence electrons. The molecule has 2 rings (SSSR count). The molecule has 1 amide bonds. The Morgan fingerprint density at radius 1 is 1.32 bits per heavy atom. The van der Waals surface area contributed by atoms with Crippen LogP contribution in [0.3, 0.4) is 0 Å². The van der Waals surface area contributed by atoms with Crippen molar-refractivity contribution in [2.75, 3.05) is 31.1 Å². The van der Waals surface area contributed by atoms with Crippen molar-refractivity contribution in [2.24, 2.45) is 11.7 Å². The van der Waals surface area contributed by atoms with Crippen molar-refractivity contribution in [3.8, 4) is 0 Å². The number of benzene rings is 1. The fourth-order valence-corrected chi connectivity index (χ4v) is 2.75. The summed E-state index contributed by atoms with van der Waals surface area (Å²) < 4.78 is 0. The van der Waals surface area contributed by atoms with Gasteiger partial charge in [-0.05, 0) is 24.1 Å². The Labute approximate surface area is 144 Å². The van der Waals surface area contributed by atoms with Gasteiger partial charge in [-0.3, -0.25) is 4.79 Å². The number of nitrogens with zero attached hydrogens (tertiary/aromatic N) is 2. The van der Waals surface area contributed by atoms with Crippen LogP contribution >= 0.6 is 24.0 Å². The molecule has 0 saturated carbocycles. The lowest BCUT2D eigenvalue weighted by Crippen LogP contribution is -2.54. The minimum atomic E-state index is -0.382. The van der Waals surface area contributed by atoms with Crippen LogP contribution in [0.2, 0.25) is 5.02 Å². The molecule has 2 unspecified atom stereocenters. The Morgan fingerprint density at radius 2 is 1.95 bits per heavy atom. The molecule has 1 aromatic rings. The van der Waals surface area contributed by atoms with E-state index in [4.69, 9.17) is 17.3 Å². The van der Waals surface area contributed by atoms with Crippen molar-refractivity contribution in [3.05, 3.63) is 29.3 Å². The fraction of sp³-hybridized carbons (Fsp3) is 0.562. The quantitative estimate of drug-likeness (QED) is 0.912. The summed E-state index contributed by atoms with van der Waals surface area (Å²) in [5.41, 5.74) is 7.16. The number of hydrogen-bond donors (Lipinski definition) is 1. The van der Waals surface area contributed by atoms with E-state index in [1.54, 1.807) is 0 Å². The van der Waals surface area contributed by atoms with Gasteiger partial charge in [0.25, 0.3) is 0 Å². The molecule has 0 aliphatic carbocycles. The van der Waals surface area contributed by atoms with Gasteiger partial charge >= 0.3 is 0 Å². The highest BCUT2D eigenvalue weighted by molar-refractivity contribution is 6.30. The Kier molecular flexibility index (Phi) is 7.46. The van der Waals surface area contributed by atoms with E-state index in [0.717, 1.165) is 43.3 Å². The highest BCUT2D eigenvalue weighted by Gasteiger charge is 2.27. The Balaban J connectivity index is 0.00000242. The SMILES string of the molecule is CCC(C)C(N)C(=O)N1CCN(c2cccc(Cl)c2)CC1.Cl. The Bertz CT molecular complexity index is 490. The summed E-state index contributed by atoms with van der Waals surface area (Å²) in [7, 11) is 0. The van der Waals surface area contributed by atoms with Crippen LogP contribution in [-0.4, -0.2) is 43.0 Å². The molecule has 4 nitrogen and oxygen atoms in total. The van der Waals surface area contributed by atoms with Gasteiger partial charge in [-0.1, -0.05) is 37.9 Å². The molecule has 6 heteroatoms. The summed E-state index contributed by atoms with van der Waals surface area (Å²) in [6.07, 6.45) is 0.926. The third-order valence-electron chi connectivity index (χ3n) is 4.31. The molecule has 1 saturated heterocycles. The van der Waals surface area contributed by atoms with Gasteiger partial charge < -0.3 is 15.5 Å². The fourth-order valence-electron chi connectivity index (χ4n) is 2.57. The molecule has 0 radical (unpaired) electrons. The molecular weight excluding hydrogens is 321 g/mol. The van der Waals surface area contributed by atoms with Gasteiger partial charge in [0.2, 0.25) is 5.91 Å². The largest absolute Gasteiger partial charge is 0.368 e. The molecule has 2 atom stereocenters. The lowest BCUT2D eigenvalue weighted by Gasteiger charge is -2.37. The average molecular weight is 346 g/mol. The zero-order chi connectivity index (χ0) is 15.4. The van der Waals surface area contributed by atoms with E-state index in [9.17, 15) is 4.79 Å². The molecule has 1 aromatic carbocycles. The standard InChI is InChI=1S/C16H24ClN3O.ClH/c1-3-12(2)15(18)16(21)20-9-7-19(8-10-20)14-6-4-5-13(17)11-14;/h4-6,11-12,15H,3,7-10,18H2,1-2H3;1H. The highest BCUT2D eigenvalue weighted by Crippen LogP contribution is 2.21. The lowest BCUT2D eigenvalue weighted by atomic mass is 9.98. The molecule has 0 bridgehead atoms. The number of rotatable bonds is 4. The second-order valence-electron chi connectivity index (χ2n) is 5.70. The third kappa shape index (κ3) is 4.51. The topological polar surface area (TPSA) is 49.6 Å². The van der Waals surface area contributed by atoms with Crippen LogP contribution in [0.4, 0.5) is 5.69 Å². The van der Waals surface area contributed by atoms with Crippen molar-refractivity contribution in [1.29, 1.82) is 0 Å². The first-order chi connectivity index (χ1) is 10.0. The van der Waals surface area contributed by atoms with E-state index in [1.165, 1.54) is 0 Å². The van der Waals surface area contributed by atoms with Crippen LogP contribution < -0.4 is 10.6 Å². The minimum Gasteiger partial charge on any atom is -0.368 e. The van der Waals surface area contributed by atoms with Crippen LogP contribution in [-0.2, 0) is 4.79 Å². The molecular formula is C16H25Cl2N3O. The molecule has 1 aliphatic rings. The molecule has 0 spiro atoms. The van der Waals surface area contributed by atoms with Gasteiger partial charge in [0.05, 0.1) is 6.04 Å². The smallest absolute Gasteiger partial charge is 0.239 e. The summed E-state index contributed by atoms with van der Waals surface area (Å²) in [5, 5.41) is 0.741. The molecule has 22 heavy (non-hydrogen) atoms. The maximum absolute atomic E-state index is 12.4. The maximum Gasteiger partial charge on any atom is 0.239 e. The number of carbonyl (C=O) groups excluding carboxylic acids is 1. The van der Waals surface area contributed by atoms with Gasteiger partial charge in [-0.2, -0.15) is 0 Å². The lowest BCUT2D eigenvalue weighted by molar-refractivity contribution is -0.134. The van der Waals surface area contributed by atoms with E-state index in [-0.39, 0.29) is 30.3 Å². The first kappa shape index (κ1) is 19.1. The molecule has 1 aliphatic heterocycles. The van der Waals surface area contributed by atoms with Gasteiger partial charge in [0.1, 0.15) is 0 Å². The normalized spacial score (nSPS) is 17.6. The van der Waals surface area contributed by atoms with Crippen molar-refractivity contribution >= 4 is 35.6 Å². The van der Waals surface area contributed by atoms with E-state index >= 15 is 0 Å². The van der Waals surface area contributed by atoms with Crippen LogP contribution in [0.15, 0.2) is 24.3 Å². The predicted molar refractivity (Wildman–Crippen MR) is 94.9 cm³/mol. The molecule has 0 aromatic heterocycles. The number of nitrogens with two attached hydrogens (primary N) is 1. The summed E-state index contributed by atoms with van der Waals surface area (Å²) in [5.74, 6) is 0.304. The predicted octanol–water partition coefficient (Wildman–Crippen LogP) is 2.78. The number of hydrogen-bond acceptors (Lipinski definition) is 3. The second kappa shape index (κ2) is 8.61. The van der Waals surface area contributed by atoms with Gasteiger partial charge in [0.15, 0.2) is 0 Å². The van der Waals surface area contributed by atoms with Crippen LogP contribution in [0.1, 0.15) is 20.3 Å². The van der Waals surface area contributed by atoms with E-state index in [2.05, 4.69) is 11.8 Å². The van der Waals surface area contributed by atoms with Crippen molar-refractivity contribution in [3.63, 3.8) is 0 Å². The number of halogens is 2. The summed E-state index contributed by atoms with van der Waals surface area (Å²) >= 11 is 6.03. The molecule has 2 N–H and O–H groups in total. The van der Waals surface area contributed by atoms with E-state index in [0.29, 0.717) is 0 Å². The third-order valence-corrected chi connectivity index (χ3v) is 4.54. The average Bonchev–Trinajstić information content (AvgIpc) is 2.53. The Morgan fingerprint density at radius 3 is 2.50 bits per heavy atom. The van der Waals surface area contributed by atoms with Crippen molar-refractivity contribution in [1.82, 2.24) is 4.90 Å². The van der Waals surface area contributed by atoms with Crippen molar-refractivity contribution in [2.45, 2.75) is 26.3 Å². The molecule has 1 fully saturated rings. The summed E-state index contributed by atoms with van der Waals surface area (Å²) in [6, 6.07) is 7.45. The summed E-state index contributed by atoms with van der Waals surface area (Å²) in [6.45, 7) is 7.17. The van der Waals surface area contributed by atoms with E-state index in [1.807, 2.05) is 36.1 Å². The first-order valence-electron chi connectivity index (χ1n) is 7.57. The van der Waals surface area contributed by atoms with Crippen molar-refractivity contribution < 1.29 is 4.79 Å². The highest BCUT2D eigenvalue weighted by atomic mass is 35.5. The monoisotopic (exact) mass is 345 g/mol. The number of piperazine rings is 1. The second-order valence-corrected chi connectivity index (χ2v) is 6.14. The zero-order valence-corrected chi connectivity index (χ0v) is 14.7. The number of amides is 1. The van der Waals surface area contributed by atoms with Gasteiger partial charge in [-0.25, -0.2) is 0 Å². The minimum absolute atomic E-state index is 0. The van der Waals surface area contributed by atoms with Crippen LogP contribution in [0.5, 0.6) is 0 Å². The van der Waals surface area contributed by atoms with Gasteiger partial charge in [0, 0.05) is 36.9 Å². The van der Waals surface area contributed by atoms with Crippen LogP contribution in [0, 0.1) is 5.92 Å². The zero-order valence-electron chi connectivity index (χ0n) is 13.2. The van der Waals surface area contributed by atoms with Crippen LogP contribution in [0.25, 0.3) is 0 Å². The van der Waals surface area contributed by atoms with E-state index < -0.39 is 0 Å². The van der Waals surface area contributed by atoms with Gasteiger partial charge in [-0.15, -0.1) is 12.4 Å². The number of carbonyl (C=O) groups is 1. The molecule has 1 heterocycles. The maximum atomic E-state index is 12.4.